The molecule has 0 bridgehead atoms. The Hall–Kier alpha value is -1.35. The summed E-state index contributed by atoms with van der Waals surface area (Å²) in [6.07, 6.45) is 10.8. The Bertz CT molecular complexity index is 439. The van der Waals surface area contributed by atoms with E-state index >= 15 is 0 Å². The summed E-state index contributed by atoms with van der Waals surface area (Å²) in [6.45, 7) is 6.23. The second kappa shape index (κ2) is 11.2. The van der Waals surface area contributed by atoms with E-state index in [1.54, 1.807) is 5.56 Å². The molecule has 0 spiro atoms. The lowest BCUT2D eigenvalue weighted by atomic mass is 9.79. The summed E-state index contributed by atoms with van der Waals surface area (Å²) in [5.74, 6) is 0. The molecule has 3 nitrogen and oxygen atoms in total. The number of nitrogens with two attached hydrogens (primary N) is 1. The summed E-state index contributed by atoms with van der Waals surface area (Å²) in [4.78, 5) is 9.76. The first-order valence-corrected chi connectivity index (χ1v) is 9.07. The molecule has 130 valence electrons. The van der Waals surface area contributed by atoms with Crippen molar-refractivity contribution in [3.8, 4) is 0 Å². The van der Waals surface area contributed by atoms with Crippen LogP contribution in [-0.4, -0.2) is 19.5 Å². The number of hydrogen-bond acceptors (Lipinski definition) is 2. The number of hydrogen-bond donors (Lipinski definition) is 2. The zero-order chi connectivity index (χ0) is 17.0. The molecule has 0 radical (unpaired) electrons. The minimum atomic E-state index is 0.478. The van der Waals surface area contributed by atoms with Crippen LogP contribution in [-0.2, 0) is 10.2 Å². The Balaban J connectivity index is 0.000000241. The van der Waals surface area contributed by atoms with Crippen LogP contribution in [0.25, 0.3) is 0 Å². The molecule has 2 rings (SSSR count). The molecule has 1 aliphatic rings. The number of nitrogens with one attached hydrogen (secondary N) is 1. The maximum Gasteiger partial charge on any atom is 0.207 e. The lowest BCUT2D eigenvalue weighted by Crippen LogP contribution is -2.17. The van der Waals surface area contributed by atoms with Gasteiger partial charge in [0.1, 0.15) is 0 Å². The van der Waals surface area contributed by atoms with Crippen molar-refractivity contribution in [1.29, 1.82) is 0 Å². The predicted octanol–water partition coefficient (Wildman–Crippen LogP) is 4.08. The third kappa shape index (κ3) is 7.17. The SMILES string of the molecule is Cc1ccccc1C1(C)CCCC1.NCCCCCCNC=O. The quantitative estimate of drug-likeness (QED) is 0.560. The van der Waals surface area contributed by atoms with Gasteiger partial charge >= 0.3 is 0 Å². The van der Waals surface area contributed by atoms with E-state index in [-0.39, 0.29) is 0 Å². The van der Waals surface area contributed by atoms with Crippen LogP contribution >= 0.6 is 0 Å². The summed E-state index contributed by atoms with van der Waals surface area (Å²) >= 11 is 0. The van der Waals surface area contributed by atoms with E-state index in [0.717, 1.165) is 38.8 Å². The van der Waals surface area contributed by atoms with Crippen LogP contribution in [0.5, 0.6) is 0 Å². The van der Waals surface area contributed by atoms with E-state index in [4.69, 9.17) is 5.73 Å². The molecule has 23 heavy (non-hydrogen) atoms. The van der Waals surface area contributed by atoms with Gasteiger partial charge in [-0.2, -0.15) is 0 Å². The summed E-state index contributed by atoms with van der Waals surface area (Å²) in [5, 5.41) is 2.61. The Labute approximate surface area is 142 Å². The number of unbranched alkanes of at least 4 members (excludes halogenated alkanes) is 3. The normalized spacial score (nSPS) is 15.6. The summed E-state index contributed by atoms with van der Waals surface area (Å²) in [5.41, 5.74) is 8.82. The zero-order valence-electron chi connectivity index (χ0n) is 14.9. The summed E-state index contributed by atoms with van der Waals surface area (Å²) < 4.78 is 0. The Morgan fingerprint density at radius 3 is 2.39 bits per heavy atom. The second-order valence-electron chi connectivity index (χ2n) is 6.86. The molecule has 3 heteroatoms. The number of carbonyl (C=O) groups is 1. The van der Waals surface area contributed by atoms with Crippen LogP contribution in [0.4, 0.5) is 0 Å². The van der Waals surface area contributed by atoms with Crippen molar-refractivity contribution in [3.05, 3.63) is 35.4 Å². The van der Waals surface area contributed by atoms with Gasteiger partial charge in [-0.15, -0.1) is 0 Å². The van der Waals surface area contributed by atoms with E-state index in [2.05, 4.69) is 43.4 Å². The molecule has 0 unspecified atom stereocenters. The first-order chi connectivity index (χ1) is 11.1. The second-order valence-corrected chi connectivity index (χ2v) is 6.86. The fourth-order valence-electron chi connectivity index (χ4n) is 3.46. The van der Waals surface area contributed by atoms with Gasteiger partial charge in [0.2, 0.25) is 6.41 Å². The van der Waals surface area contributed by atoms with Crippen molar-refractivity contribution in [2.24, 2.45) is 5.73 Å². The van der Waals surface area contributed by atoms with Crippen molar-refractivity contribution in [1.82, 2.24) is 5.32 Å². The fourth-order valence-corrected chi connectivity index (χ4v) is 3.46. The van der Waals surface area contributed by atoms with Gasteiger partial charge in [0, 0.05) is 6.54 Å². The smallest absolute Gasteiger partial charge is 0.207 e. The molecule has 0 saturated heterocycles. The molecular weight excluding hydrogens is 284 g/mol. The lowest BCUT2D eigenvalue weighted by Gasteiger charge is -2.26. The summed E-state index contributed by atoms with van der Waals surface area (Å²) in [6, 6.07) is 8.85. The van der Waals surface area contributed by atoms with E-state index in [1.165, 1.54) is 37.7 Å². The number of carbonyl (C=O) groups excluding carboxylic acids is 1. The van der Waals surface area contributed by atoms with E-state index in [9.17, 15) is 4.79 Å². The highest BCUT2D eigenvalue weighted by Gasteiger charge is 2.31. The summed E-state index contributed by atoms with van der Waals surface area (Å²) in [7, 11) is 0. The third-order valence-electron chi connectivity index (χ3n) is 4.86. The molecule has 0 atom stereocenters. The van der Waals surface area contributed by atoms with Gasteiger partial charge in [-0.1, -0.05) is 56.9 Å². The average Bonchev–Trinajstić information content (AvgIpc) is 2.99. The molecule has 1 saturated carbocycles. The molecule has 1 aromatic rings. The van der Waals surface area contributed by atoms with Crippen LogP contribution in [0.3, 0.4) is 0 Å². The maximum atomic E-state index is 9.76. The Kier molecular flexibility index (Phi) is 9.61. The van der Waals surface area contributed by atoms with Gasteiger partial charge < -0.3 is 11.1 Å². The fraction of sp³-hybridized carbons (Fsp3) is 0.650. The van der Waals surface area contributed by atoms with Crippen molar-refractivity contribution in [2.45, 2.75) is 70.6 Å². The van der Waals surface area contributed by atoms with Crippen molar-refractivity contribution in [2.75, 3.05) is 13.1 Å². The first-order valence-electron chi connectivity index (χ1n) is 9.07. The van der Waals surface area contributed by atoms with Crippen LogP contribution in [0, 0.1) is 6.92 Å². The van der Waals surface area contributed by atoms with Gasteiger partial charge in [0.05, 0.1) is 0 Å². The van der Waals surface area contributed by atoms with Crippen LogP contribution in [0.1, 0.15) is 69.4 Å². The number of aryl methyl sites for hydroxylation is 1. The van der Waals surface area contributed by atoms with Crippen molar-refractivity contribution < 1.29 is 4.79 Å². The van der Waals surface area contributed by atoms with Crippen molar-refractivity contribution >= 4 is 6.41 Å². The largest absolute Gasteiger partial charge is 0.359 e. The number of benzene rings is 1. The topological polar surface area (TPSA) is 55.1 Å². The standard InChI is InChI=1S/C13H18.C7H16N2O/c1-11-7-3-4-8-12(11)13(2)9-5-6-10-13;8-5-3-1-2-4-6-9-7-10/h3-4,7-8H,5-6,9-10H2,1-2H3;7H,1-6,8H2,(H,9,10). The highest BCUT2D eigenvalue weighted by Crippen LogP contribution is 2.41. The van der Waals surface area contributed by atoms with Crippen LogP contribution in [0.15, 0.2) is 24.3 Å². The van der Waals surface area contributed by atoms with E-state index in [1.807, 2.05) is 0 Å². The van der Waals surface area contributed by atoms with Gasteiger partial charge in [0.25, 0.3) is 0 Å². The molecule has 1 aliphatic carbocycles. The van der Waals surface area contributed by atoms with Gasteiger partial charge in [-0.05, 0) is 55.7 Å². The molecule has 1 aromatic carbocycles. The average molecular weight is 319 g/mol. The number of amides is 1. The van der Waals surface area contributed by atoms with Crippen molar-refractivity contribution in [3.63, 3.8) is 0 Å². The molecule has 0 aliphatic heterocycles. The lowest BCUT2D eigenvalue weighted by molar-refractivity contribution is -0.109. The molecule has 0 aromatic heterocycles. The van der Waals surface area contributed by atoms with Crippen LogP contribution < -0.4 is 11.1 Å². The van der Waals surface area contributed by atoms with Gasteiger partial charge in [-0.25, -0.2) is 0 Å². The highest BCUT2D eigenvalue weighted by atomic mass is 16.1. The van der Waals surface area contributed by atoms with Gasteiger partial charge in [-0.3, -0.25) is 4.79 Å². The van der Waals surface area contributed by atoms with E-state index < -0.39 is 0 Å². The Morgan fingerprint density at radius 2 is 1.78 bits per heavy atom. The highest BCUT2D eigenvalue weighted by molar-refractivity contribution is 5.45. The number of rotatable bonds is 8. The molecule has 0 heterocycles. The van der Waals surface area contributed by atoms with E-state index in [0.29, 0.717) is 5.41 Å². The Morgan fingerprint density at radius 1 is 1.13 bits per heavy atom. The third-order valence-corrected chi connectivity index (χ3v) is 4.86. The molecule has 3 N–H and O–H groups in total. The predicted molar refractivity (Wildman–Crippen MR) is 98.6 cm³/mol. The van der Waals surface area contributed by atoms with Gasteiger partial charge in [0.15, 0.2) is 0 Å². The minimum Gasteiger partial charge on any atom is -0.359 e. The van der Waals surface area contributed by atoms with Crippen LogP contribution in [0.2, 0.25) is 0 Å². The molecule has 1 amide bonds. The maximum absolute atomic E-state index is 9.76. The molecule has 1 fully saturated rings. The first kappa shape index (κ1) is 19.7. The monoisotopic (exact) mass is 318 g/mol. The molecular formula is C20H34N2O. The zero-order valence-corrected chi connectivity index (χ0v) is 14.9. The minimum absolute atomic E-state index is 0.478.